The highest BCUT2D eigenvalue weighted by molar-refractivity contribution is 7.89. The lowest BCUT2D eigenvalue weighted by molar-refractivity contribution is -0.133. The topological polar surface area (TPSA) is 70.2 Å². The molecule has 2 aromatic carbocycles. The molecule has 0 aliphatic carbocycles. The highest BCUT2D eigenvalue weighted by Crippen LogP contribution is 2.32. The van der Waals surface area contributed by atoms with Gasteiger partial charge in [-0.3, -0.25) is 9.69 Å². The number of likely N-dealkylation sites (tertiary alicyclic amines) is 1. The van der Waals surface area contributed by atoms with Crippen molar-refractivity contribution >= 4 is 15.9 Å². The standard InChI is InChI=1S/C23H28FN3O4S/c1-31-19-10-8-18(9-11-19)21-6-4-12-26(21)17-23(28)25-13-15-27(16-14-25)32(29,30)22-7-3-2-5-20(22)24/h2-3,5,7-11,21H,4,6,12-17H2,1H3/t21-/m0/s1. The molecule has 172 valence electrons. The zero-order chi connectivity index (χ0) is 22.7. The molecule has 2 heterocycles. The Bertz CT molecular complexity index is 1050. The minimum Gasteiger partial charge on any atom is -0.497 e. The first kappa shape index (κ1) is 22.7. The summed E-state index contributed by atoms with van der Waals surface area (Å²) in [5, 5.41) is 0. The van der Waals surface area contributed by atoms with Gasteiger partial charge in [-0.2, -0.15) is 4.31 Å². The molecular formula is C23H28FN3O4S. The Balaban J connectivity index is 1.35. The predicted octanol–water partition coefficient (Wildman–Crippen LogP) is 2.50. The monoisotopic (exact) mass is 461 g/mol. The number of hydrogen-bond donors (Lipinski definition) is 0. The molecule has 2 aliphatic rings. The molecular weight excluding hydrogens is 433 g/mol. The van der Waals surface area contributed by atoms with E-state index >= 15 is 0 Å². The average Bonchev–Trinajstić information content (AvgIpc) is 3.27. The maximum Gasteiger partial charge on any atom is 0.246 e. The molecule has 0 aromatic heterocycles. The fraction of sp³-hybridized carbons (Fsp3) is 0.435. The van der Waals surface area contributed by atoms with E-state index in [-0.39, 0.29) is 29.9 Å². The number of carbonyl (C=O) groups is 1. The van der Waals surface area contributed by atoms with Crippen molar-refractivity contribution in [2.45, 2.75) is 23.8 Å². The Kier molecular flexibility index (Phi) is 6.78. The zero-order valence-electron chi connectivity index (χ0n) is 18.1. The maximum absolute atomic E-state index is 14.0. The number of hydrogen-bond acceptors (Lipinski definition) is 5. The number of ether oxygens (including phenoxy) is 1. The largest absolute Gasteiger partial charge is 0.497 e. The Morgan fingerprint density at radius 1 is 1.03 bits per heavy atom. The second-order valence-electron chi connectivity index (χ2n) is 8.12. The van der Waals surface area contributed by atoms with Gasteiger partial charge in [-0.15, -0.1) is 0 Å². The third kappa shape index (κ3) is 4.65. The molecule has 32 heavy (non-hydrogen) atoms. The maximum atomic E-state index is 14.0. The Morgan fingerprint density at radius 2 is 1.72 bits per heavy atom. The average molecular weight is 462 g/mol. The lowest BCUT2D eigenvalue weighted by atomic mass is 10.0. The van der Waals surface area contributed by atoms with Crippen LogP contribution in [0.4, 0.5) is 4.39 Å². The summed E-state index contributed by atoms with van der Waals surface area (Å²) in [5.74, 6) is 0.0375. The Hall–Kier alpha value is -2.49. The van der Waals surface area contributed by atoms with Crippen molar-refractivity contribution in [2.75, 3.05) is 46.4 Å². The fourth-order valence-corrected chi connectivity index (χ4v) is 5.95. The van der Waals surface area contributed by atoms with E-state index in [9.17, 15) is 17.6 Å². The van der Waals surface area contributed by atoms with Crippen LogP contribution in [0.2, 0.25) is 0 Å². The van der Waals surface area contributed by atoms with Gasteiger partial charge in [0.05, 0.1) is 13.7 Å². The minimum atomic E-state index is -3.92. The van der Waals surface area contributed by atoms with Gasteiger partial charge < -0.3 is 9.64 Å². The second-order valence-corrected chi connectivity index (χ2v) is 10.0. The highest BCUT2D eigenvalue weighted by atomic mass is 32.2. The first-order chi connectivity index (χ1) is 15.4. The number of piperazine rings is 1. The normalized spacial score (nSPS) is 20.4. The van der Waals surface area contributed by atoms with Gasteiger partial charge in [-0.25, -0.2) is 12.8 Å². The van der Waals surface area contributed by atoms with E-state index in [0.29, 0.717) is 19.6 Å². The van der Waals surface area contributed by atoms with Gasteiger partial charge >= 0.3 is 0 Å². The number of benzene rings is 2. The van der Waals surface area contributed by atoms with Crippen molar-refractivity contribution in [3.63, 3.8) is 0 Å². The first-order valence-electron chi connectivity index (χ1n) is 10.8. The molecule has 0 N–H and O–H groups in total. The molecule has 9 heteroatoms. The molecule has 0 unspecified atom stereocenters. The van der Waals surface area contributed by atoms with Crippen LogP contribution in [-0.2, 0) is 14.8 Å². The van der Waals surface area contributed by atoms with Crippen molar-refractivity contribution in [1.29, 1.82) is 0 Å². The van der Waals surface area contributed by atoms with Gasteiger partial charge in [0.2, 0.25) is 15.9 Å². The molecule has 0 spiro atoms. The van der Waals surface area contributed by atoms with Crippen molar-refractivity contribution in [1.82, 2.24) is 14.1 Å². The van der Waals surface area contributed by atoms with Gasteiger partial charge in [0.1, 0.15) is 16.5 Å². The molecule has 0 saturated carbocycles. The summed E-state index contributed by atoms with van der Waals surface area (Å²) in [6.07, 6.45) is 2.02. The zero-order valence-corrected chi connectivity index (χ0v) is 18.9. The van der Waals surface area contributed by atoms with E-state index < -0.39 is 15.8 Å². The van der Waals surface area contributed by atoms with Crippen LogP contribution in [0, 0.1) is 5.82 Å². The number of rotatable bonds is 6. The quantitative estimate of drug-likeness (QED) is 0.661. The van der Waals surface area contributed by atoms with Crippen LogP contribution in [0.25, 0.3) is 0 Å². The van der Waals surface area contributed by atoms with E-state index in [1.807, 2.05) is 24.3 Å². The molecule has 2 fully saturated rings. The Morgan fingerprint density at radius 3 is 2.38 bits per heavy atom. The summed E-state index contributed by atoms with van der Waals surface area (Å²) in [6, 6.07) is 13.5. The fourth-order valence-electron chi connectivity index (χ4n) is 4.46. The molecule has 1 atom stereocenters. The SMILES string of the molecule is COc1ccc([C@@H]2CCCN2CC(=O)N2CCN(S(=O)(=O)c3ccccc3F)CC2)cc1. The van der Waals surface area contributed by atoms with E-state index in [0.717, 1.165) is 36.8 Å². The van der Waals surface area contributed by atoms with Gasteiger partial charge in [-0.1, -0.05) is 24.3 Å². The van der Waals surface area contributed by atoms with Crippen LogP contribution in [0.1, 0.15) is 24.4 Å². The van der Waals surface area contributed by atoms with Gasteiger partial charge in [0.25, 0.3) is 0 Å². The molecule has 0 radical (unpaired) electrons. The van der Waals surface area contributed by atoms with Crippen molar-refractivity contribution in [3.8, 4) is 5.75 Å². The van der Waals surface area contributed by atoms with E-state index in [4.69, 9.17) is 4.74 Å². The van der Waals surface area contributed by atoms with Crippen molar-refractivity contribution < 1.29 is 22.3 Å². The van der Waals surface area contributed by atoms with E-state index in [1.165, 1.54) is 22.5 Å². The van der Waals surface area contributed by atoms with Crippen LogP contribution >= 0.6 is 0 Å². The summed E-state index contributed by atoms with van der Waals surface area (Å²) >= 11 is 0. The molecule has 4 rings (SSSR count). The van der Waals surface area contributed by atoms with Crippen LogP contribution < -0.4 is 4.74 Å². The van der Waals surface area contributed by atoms with Crippen molar-refractivity contribution in [2.24, 2.45) is 0 Å². The van der Waals surface area contributed by atoms with E-state index in [2.05, 4.69) is 4.90 Å². The first-order valence-corrected chi connectivity index (χ1v) is 12.2. The molecule has 2 saturated heterocycles. The predicted molar refractivity (Wildman–Crippen MR) is 118 cm³/mol. The van der Waals surface area contributed by atoms with Gasteiger partial charge in [0, 0.05) is 32.2 Å². The van der Waals surface area contributed by atoms with Gasteiger partial charge in [-0.05, 0) is 49.2 Å². The number of methoxy groups -OCH3 is 1. The summed E-state index contributed by atoms with van der Waals surface area (Å²) in [5.41, 5.74) is 1.16. The third-order valence-electron chi connectivity index (χ3n) is 6.25. The number of amides is 1. The highest BCUT2D eigenvalue weighted by Gasteiger charge is 2.33. The Labute approximate surface area is 188 Å². The summed E-state index contributed by atoms with van der Waals surface area (Å²) in [6.45, 7) is 2.07. The molecule has 7 nitrogen and oxygen atoms in total. The molecule has 1 amide bonds. The molecule has 0 bridgehead atoms. The lowest BCUT2D eigenvalue weighted by Crippen LogP contribution is -2.52. The van der Waals surface area contributed by atoms with E-state index in [1.54, 1.807) is 12.0 Å². The van der Waals surface area contributed by atoms with Crippen molar-refractivity contribution in [3.05, 3.63) is 59.9 Å². The third-order valence-corrected chi connectivity index (χ3v) is 8.18. The summed E-state index contributed by atoms with van der Waals surface area (Å²) < 4.78 is 46.0. The molecule has 2 aromatic rings. The van der Waals surface area contributed by atoms with Crippen LogP contribution in [0.15, 0.2) is 53.4 Å². The van der Waals surface area contributed by atoms with Crippen LogP contribution in [0.3, 0.4) is 0 Å². The smallest absolute Gasteiger partial charge is 0.246 e. The number of carbonyl (C=O) groups excluding carboxylic acids is 1. The summed E-state index contributed by atoms with van der Waals surface area (Å²) in [4.78, 5) is 16.5. The van der Waals surface area contributed by atoms with Crippen LogP contribution in [0.5, 0.6) is 5.75 Å². The second kappa shape index (κ2) is 9.56. The lowest BCUT2D eigenvalue weighted by Gasteiger charge is -2.35. The van der Waals surface area contributed by atoms with Gasteiger partial charge in [0.15, 0.2) is 0 Å². The number of nitrogens with zero attached hydrogens (tertiary/aromatic N) is 3. The molecule has 2 aliphatic heterocycles. The summed E-state index contributed by atoms with van der Waals surface area (Å²) in [7, 11) is -2.28. The number of sulfonamides is 1. The van der Waals surface area contributed by atoms with Crippen LogP contribution in [-0.4, -0.2) is 74.8 Å². The number of halogens is 1. The minimum absolute atomic E-state index is 0.00616.